The number of hydrogen-bond donors (Lipinski definition) is 0. The van der Waals surface area contributed by atoms with Crippen molar-refractivity contribution in [2.45, 2.75) is 89.6 Å². The van der Waals surface area contributed by atoms with Crippen molar-refractivity contribution in [1.29, 1.82) is 0 Å². The largest absolute Gasteiger partial charge is 0.469 e. The lowest BCUT2D eigenvalue weighted by molar-refractivity contribution is -0.140. The number of carbonyl (C=O) groups is 1. The van der Waals surface area contributed by atoms with Gasteiger partial charge in [-0.15, -0.1) is 0 Å². The summed E-state index contributed by atoms with van der Waals surface area (Å²) in [5.74, 6) is -0.153. The van der Waals surface area contributed by atoms with Crippen LogP contribution in [-0.2, 0) is 25.6 Å². The van der Waals surface area contributed by atoms with Crippen molar-refractivity contribution in [3.8, 4) is 0 Å². The van der Waals surface area contributed by atoms with Gasteiger partial charge in [0.25, 0.3) is 0 Å². The molecule has 0 amide bonds. The number of ether oxygens (including phenoxy) is 3. The zero-order valence-corrected chi connectivity index (χ0v) is 19.8. The van der Waals surface area contributed by atoms with Gasteiger partial charge in [-0.25, -0.2) is 0 Å². The Morgan fingerprint density at radius 2 is 1.84 bits per heavy atom. The number of unbranched alkanes of at least 4 members (excludes halogenated alkanes) is 4. The van der Waals surface area contributed by atoms with E-state index in [0.717, 1.165) is 25.7 Å². The first-order chi connectivity index (χ1) is 15.7. The van der Waals surface area contributed by atoms with Gasteiger partial charge in [0.1, 0.15) is 6.10 Å². The molecule has 0 spiro atoms. The summed E-state index contributed by atoms with van der Waals surface area (Å²) in [5.41, 5.74) is 1.17. The van der Waals surface area contributed by atoms with Crippen molar-refractivity contribution in [3.63, 3.8) is 0 Å². The van der Waals surface area contributed by atoms with Gasteiger partial charge in [0.2, 0.25) is 0 Å². The first-order valence-corrected chi connectivity index (χ1v) is 12.1. The highest BCUT2D eigenvalue weighted by Gasteiger charge is 2.35. The Morgan fingerprint density at radius 1 is 1.06 bits per heavy atom. The molecule has 1 aliphatic heterocycles. The van der Waals surface area contributed by atoms with Gasteiger partial charge in [-0.05, 0) is 44.1 Å². The molecule has 176 valence electrons. The van der Waals surface area contributed by atoms with Crippen molar-refractivity contribution >= 4 is 5.97 Å². The van der Waals surface area contributed by atoms with E-state index in [4.69, 9.17) is 9.47 Å². The van der Waals surface area contributed by atoms with Gasteiger partial charge in [0.15, 0.2) is 0 Å². The molecule has 0 bridgehead atoms. The molecule has 3 unspecified atom stereocenters. The standard InChI is InChI=1S/C28H40O4/c1-3-4-5-6-7-14-19-26-27(32-26)22-21-25(31-23-24-16-11-10-12-17-24)18-13-8-9-15-20-28(29)30-2/h7-8,10-14,16-17,21-22,25-27H,3-6,9,15,18-20,23H2,1-2H3/b13-8-,14-7-,22-21+. The number of allylic oxidation sites excluding steroid dienone is 2. The lowest BCUT2D eigenvalue weighted by Gasteiger charge is -2.12. The minimum absolute atomic E-state index is 0.00139. The molecule has 1 aromatic carbocycles. The molecular formula is C28H40O4. The second-order valence-corrected chi connectivity index (χ2v) is 8.24. The van der Waals surface area contributed by atoms with Gasteiger partial charge >= 0.3 is 5.97 Å². The normalized spacial score (nSPS) is 19.2. The van der Waals surface area contributed by atoms with Gasteiger partial charge in [0, 0.05) is 6.42 Å². The second-order valence-electron chi connectivity index (χ2n) is 8.24. The van der Waals surface area contributed by atoms with E-state index in [2.05, 4.69) is 60.2 Å². The van der Waals surface area contributed by atoms with E-state index in [-0.39, 0.29) is 18.2 Å². The fourth-order valence-electron chi connectivity index (χ4n) is 3.40. The Labute approximate surface area is 194 Å². The number of rotatable bonds is 17. The van der Waals surface area contributed by atoms with Crippen LogP contribution in [0.1, 0.15) is 70.3 Å². The molecule has 4 heteroatoms. The summed E-state index contributed by atoms with van der Waals surface area (Å²) in [6, 6.07) is 10.2. The summed E-state index contributed by atoms with van der Waals surface area (Å²) in [5, 5.41) is 0. The van der Waals surface area contributed by atoms with E-state index in [1.807, 2.05) is 18.2 Å². The lowest BCUT2D eigenvalue weighted by Crippen LogP contribution is -2.09. The summed E-state index contributed by atoms with van der Waals surface area (Å²) in [6.07, 6.45) is 22.5. The fourth-order valence-corrected chi connectivity index (χ4v) is 3.40. The van der Waals surface area contributed by atoms with Crippen molar-refractivity contribution in [1.82, 2.24) is 0 Å². The Hall–Kier alpha value is -2.17. The van der Waals surface area contributed by atoms with E-state index in [9.17, 15) is 4.79 Å². The molecule has 0 aromatic heterocycles. The van der Waals surface area contributed by atoms with Crippen LogP contribution in [0.4, 0.5) is 0 Å². The van der Waals surface area contributed by atoms with Crippen LogP contribution >= 0.6 is 0 Å². The topological polar surface area (TPSA) is 48.1 Å². The van der Waals surface area contributed by atoms with Crippen molar-refractivity contribution in [3.05, 3.63) is 72.4 Å². The Kier molecular flexibility index (Phi) is 13.4. The summed E-state index contributed by atoms with van der Waals surface area (Å²) in [7, 11) is 1.43. The van der Waals surface area contributed by atoms with Gasteiger partial charge in [-0.3, -0.25) is 4.79 Å². The molecule has 0 saturated carbocycles. The molecule has 3 atom stereocenters. The maximum absolute atomic E-state index is 11.2. The quantitative estimate of drug-likeness (QED) is 0.117. The molecular weight excluding hydrogens is 400 g/mol. The van der Waals surface area contributed by atoms with Crippen molar-refractivity contribution in [2.24, 2.45) is 0 Å². The number of esters is 1. The predicted molar refractivity (Wildman–Crippen MR) is 130 cm³/mol. The number of epoxide rings is 1. The molecule has 0 aliphatic carbocycles. The minimum atomic E-state index is -0.153. The molecule has 0 N–H and O–H groups in total. The van der Waals surface area contributed by atoms with Gasteiger partial charge < -0.3 is 14.2 Å². The van der Waals surface area contributed by atoms with Crippen molar-refractivity contribution < 1.29 is 19.0 Å². The van der Waals surface area contributed by atoms with E-state index >= 15 is 0 Å². The van der Waals surface area contributed by atoms with Crippen LogP contribution in [-0.4, -0.2) is 31.4 Å². The smallest absolute Gasteiger partial charge is 0.305 e. The molecule has 1 aromatic rings. The lowest BCUT2D eigenvalue weighted by atomic mass is 10.1. The molecule has 1 fully saturated rings. The third kappa shape index (κ3) is 12.0. The number of carbonyl (C=O) groups excluding carboxylic acids is 1. The van der Waals surface area contributed by atoms with Crippen LogP contribution in [0.5, 0.6) is 0 Å². The van der Waals surface area contributed by atoms with Crippen LogP contribution < -0.4 is 0 Å². The highest BCUT2D eigenvalue weighted by atomic mass is 16.6. The molecule has 1 heterocycles. The molecule has 2 rings (SSSR count). The van der Waals surface area contributed by atoms with E-state index in [0.29, 0.717) is 19.1 Å². The summed E-state index contributed by atoms with van der Waals surface area (Å²) in [6.45, 7) is 2.82. The van der Waals surface area contributed by atoms with Gasteiger partial charge in [-0.2, -0.15) is 0 Å². The average molecular weight is 441 g/mol. The van der Waals surface area contributed by atoms with Crippen molar-refractivity contribution in [2.75, 3.05) is 7.11 Å². The molecule has 4 nitrogen and oxygen atoms in total. The molecule has 1 aliphatic rings. The molecule has 0 radical (unpaired) electrons. The maximum atomic E-state index is 11.2. The Balaban J connectivity index is 1.75. The number of benzene rings is 1. The molecule has 1 saturated heterocycles. The zero-order valence-electron chi connectivity index (χ0n) is 19.8. The first kappa shape index (κ1) is 26.1. The highest BCUT2D eigenvalue weighted by Crippen LogP contribution is 2.27. The zero-order chi connectivity index (χ0) is 22.9. The van der Waals surface area contributed by atoms with Crippen LogP contribution in [0.3, 0.4) is 0 Å². The van der Waals surface area contributed by atoms with Gasteiger partial charge in [0.05, 0.1) is 25.9 Å². The SMILES string of the molecule is CCCCC/C=C\CC1OC1/C=C/C(C/C=C\CCCC(=O)OC)OCc1ccccc1. The van der Waals surface area contributed by atoms with Crippen LogP contribution in [0.25, 0.3) is 0 Å². The number of hydrogen-bond acceptors (Lipinski definition) is 4. The summed E-state index contributed by atoms with van der Waals surface area (Å²) >= 11 is 0. The van der Waals surface area contributed by atoms with Crippen LogP contribution in [0.15, 0.2) is 66.8 Å². The van der Waals surface area contributed by atoms with E-state index in [1.54, 1.807) is 0 Å². The third-order valence-electron chi connectivity index (χ3n) is 5.47. The Morgan fingerprint density at radius 3 is 2.62 bits per heavy atom. The van der Waals surface area contributed by atoms with E-state index < -0.39 is 0 Å². The predicted octanol–water partition coefficient (Wildman–Crippen LogP) is 6.71. The fraction of sp³-hybridized carbons (Fsp3) is 0.536. The third-order valence-corrected chi connectivity index (χ3v) is 5.47. The second kappa shape index (κ2) is 16.5. The monoisotopic (exact) mass is 440 g/mol. The van der Waals surface area contributed by atoms with E-state index in [1.165, 1.54) is 38.4 Å². The highest BCUT2D eigenvalue weighted by molar-refractivity contribution is 5.69. The summed E-state index contributed by atoms with van der Waals surface area (Å²) < 4.78 is 16.6. The number of methoxy groups -OCH3 is 1. The van der Waals surface area contributed by atoms with Gasteiger partial charge in [-0.1, -0.05) is 86.6 Å². The van der Waals surface area contributed by atoms with Crippen LogP contribution in [0.2, 0.25) is 0 Å². The summed E-state index contributed by atoms with van der Waals surface area (Å²) in [4.78, 5) is 11.2. The first-order valence-electron chi connectivity index (χ1n) is 12.1. The molecule has 32 heavy (non-hydrogen) atoms. The minimum Gasteiger partial charge on any atom is -0.469 e. The average Bonchev–Trinajstić information content (AvgIpc) is 3.58. The Bertz CT molecular complexity index is 707. The maximum Gasteiger partial charge on any atom is 0.305 e. The van der Waals surface area contributed by atoms with Crippen LogP contribution in [0, 0.1) is 0 Å².